The minimum absolute atomic E-state index is 0.121. The number of hydrogen-bond acceptors (Lipinski definition) is 2. The summed E-state index contributed by atoms with van der Waals surface area (Å²) in [6.07, 6.45) is 1.80. The van der Waals surface area contributed by atoms with Gasteiger partial charge >= 0.3 is 0 Å². The summed E-state index contributed by atoms with van der Waals surface area (Å²) in [7, 11) is 0. The smallest absolute Gasteiger partial charge is 0.254 e. The molecule has 1 heterocycles. The van der Waals surface area contributed by atoms with E-state index in [9.17, 15) is 4.79 Å². The molecule has 1 fully saturated rings. The van der Waals surface area contributed by atoms with Crippen molar-refractivity contribution in [2.24, 2.45) is 5.73 Å². The van der Waals surface area contributed by atoms with Gasteiger partial charge in [0.1, 0.15) is 0 Å². The molecule has 0 bridgehead atoms. The Balaban J connectivity index is 2.17. The maximum atomic E-state index is 12.3. The van der Waals surface area contributed by atoms with Gasteiger partial charge in [0, 0.05) is 29.2 Å². The zero-order chi connectivity index (χ0) is 12.4. The summed E-state index contributed by atoms with van der Waals surface area (Å²) in [5.41, 5.74) is 7.64. The van der Waals surface area contributed by atoms with E-state index in [4.69, 9.17) is 5.73 Å². The molecule has 1 aromatic rings. The van der Waals surface area contributed by atoms with E-state index in [2.05, 4.69) is 15.9 Å². The van der Waals surface area contributed by atoms with Crippen LogP contribution >= 0.6 is 15.9 Å². The second kappa shape index (κ2) is 5.19. The third-order valence-corrected chi connectivity index (χ3v) is 4.18. The summed E-state index contributed by atoms with van der Waals surface area (Å²) >= 11 is 3.46. The molecule has 92 valence electrons. The Hall–Kier alpha value is -0.870. The number of benzene rings is 1. The Bertz CT molecular complexity index is 425. The Morgan fingerprint density at radius 3 is 2.71 bits per heavy atom. The fourth-order valence-corrected chi connectivity index (χ4v) is 2.48. The van der Waals surface area contributed by atoms with Gasteiger partial charge in [-0.25, -0.2) is 0 Å². The van der Waals surface area contributed by atoms with Crippen molar-refractivity contribution in [3.63, 3.8) is 0 Å². The van der Waals surface area contributed by atoms with Crippen LogP contribution in [-0.4, -0.2) is 29.9 Å². The molecule has 3 nitrogen and oxygen atoms in total. The summed E-state index contributed by atoms with van der Waals surface area (Å²) in [4.78, 5) is 14.2. The van der Waals surface area contributed by atoms with E-state index in [1.807, 2.05) is 30.0 Å². The highest BCUT2D eigenvalue weighted by atomic mass is 79.9. The largest absolute Gasteiger partial charge is 0.339 e. The van der Waals surface area contributed by atoms with Gasteiger partial charge < -0.3 is 10.6 Å². The van der Waals surface area contributed by atoms with Gasteiger partial charge in [0.2, 0.25) is 0 Å². The van der Waals surface area contributed by atoms with Crippen LogP contribution in [0.4, 0.5) is 0 Å². The molecular weight excluding hydrogens is 280 g/mol. The van der Waals surface area contributed by atoms with Crippen LogP contribution in [0.3, 0.4) is 0 Å². The van der Waals surface area contributed by atoms with Gasteiger partial charge in [-0.2, -0.15) is 0 Å². The number of carbonyl (C=O) groups excluding carboxylic acids is 1. The van der Waals surface area contributed by atoms with Gasteiger partial charge in [0.25, 0.3) is 5.91 Å². The van der Waals surface area contributed by atoms with Crippen LogP contribution in [0.1, 0.15) is 28.8 Å². The lowest BCUT2D eigenvalue weighted by atomic mass is 10.0. The summed E-state index contributed by atoms with van der Waals surface area (Å²) in [6, 6.07) is 6.00. The van der Waals surface area contributed by atoms with Gasteiger partial charge in [-0.3, -0.25) is 4.79 Å². The quantitative estimate of drug-likeness (QED) is 0.864. The van der Waals surface area contributed by atoms with E-state index in [1.54, 1.807) is 0 Å². The maximum absolute atomic E-state index is 12.3. The Morgan fingerprint density at radius 1 is 1.41 bits per heavy atom. The Kier molecular flexibility index (Phi) is 3.84. The van der Waals surface area contributed by atoms with Crippen LogP contribution in [0.2, 0.25) is 0 Å². The van der Waals surface area contributed by atoms with E-state index in [-0.39, 0.29) is 11.9 Å². The van der Waals surface area contributed by atoms with Crippen LogP contribution in [0, 0.1) is 6.92 Å². The fraction of sp³-hybridized carbons (Fsp3) is 0.462. The van der Waals surface area contributed by atoms with Crippen LogP contribution in [0.25, 0.3) is 0 Å². The number of likely N-dealkylation sites (tertiary alicyclic amines) is 1. The molecule has 1 aromatic carbocycles. The highest BCUT2D eigenvalue weighted by Gasteiger charge is 2.22. The zero-order valence-electron chi connectivity index (χ0n) is 9.95. The van der Waals surface area contributed by atoms with Crippen molar-refractivity contribution < 1.29 is 4.79 Å². The van der Waals surface area contributed by atoms with Crippen molar-refractivity contribution in [2.45, 2.75) is 25.8 Å². The number of amides is 1. The number of nitrogens with two attached hydrogens (primary N) is 1. The normalized spacial score (nSPS) is 17.2. The summed E-state index contributed by atoms with van der Waals surface area (Å²) in [6.45, 7) is 3.50. The standard InChI is InChI=1S/C13H17BrN2O/c1-9-11(3-2-4-12(9)14)13(17)16-7-5-10(15)6-8-16/h2-4,10H,5-8,15H2,1H3. The monoisotopic (exact) mass is 296 g/mol. The lowest BCUT2D eigenvalue weighted by Gasteiger charge is -2.30. The van der Waals surface area contributed by atoms with Crippen LogP contribution in [0.15, 0.2) is 22.7 Å². The molecule has 1 aliphatic rings. The molecule has 1 saturated heterocycles. The van der Waals surface area contributed by atoms with E-state index in [1.165, 1.54) is 0 Å². The molecule has 2 rings (SSSR count). The SMILES string of the molecule is Cc1c(Br)cccc1C(=O)N1CCC(N)CC1. The van der Waals surface area contributed by atoms with Crippen LogP contribution in [0.5, 0.6) is 0 Å². The number of rotatable bonds is 1. The first kappa shape index (κ1) is 12.6. The van der Waals surface area contributed by atoms with E-state index in [0.717, 1.165) is 41.5 Å². The first-order chi connectivity index (χ1) is 8.09. The number of carbonyl (C=O) groups is 1. The van der Waals surface area contributed by atoms with E-state index >= 15 is 0 Å². The molecule has 2 N–H and O–H groups in total. The fourth-order valence-electron chi connectivity index (χ4n) is 2.11. The highest BCUT2D eigenvalue weighted by Crippen LogP contribution is 2.22. The molecule has 0 aromatic heterocycles. The van der Waals surface area contributed by atoms with Crippen molar-refractivity contribution in [2.75, 3.05) is 13.1 Å². The number of nitrogens with zero attached hydrogens (tertiary/aromatic N) is 1. The number of halogens is 1. The van der Waals surface area contributed by atoms with Gasteiger partial charge in [0.15, 0.2) is 0 Å². The molecule has 0 radical (unpaired) electrons. The van der Waals surface area contributed by atoms with Crippen molar-refractivity contribution in [1.82, 2.24) is 4.90 Å². The molecule has 0 spiro atoms. The van der Waals surface area contributed by atoms with Gasteiger partial charge in [-0.05, 0) is 37.5 Å². The van der Waals surface area contributed by atoms with Crippen LogP contribution < -0.4 is 5.73 Å². The minimum atomic E-state index is 0.121. The molecule has 0 unspecified atom stereocenters. The average molecular weight is 297 g/mol. The summed E-state index contributed by atoms with van der Waals surface area (Å²) in [5.74, 6) is 0.121. The first-order valence-corrected chi connectivity index (χ1v) is 6.69. The van der Waals surface area contributed by atoms with E-state index in [0.29, 0.717) is 0 Å². The molecule has 1 aliphatic heterocycles. The molecule has 4 heteroatoms. The predicted octanol–water partition coefficient (Wildman–Crippen LogP) is 2.32. The minimum Gasteiger partial charge on any atom is -0.339 e. The van der Waals surface area contributed by atoms with Crippen molar-refractivity contribution in [1.29, 1.82) is 0 Å². The van der Waals surface area contributed by atoms with Gasteiger partial charge in [0.05, 0.1) is 0 Å². The maximum Gasteiger partial charge on any atom is 0.254 e. The lowest BCUT2D eigenvalue weighted by molar-refractivity contribution is 0.0714. The Morgan fingerprint density at radius 2 is 2.06 bits per heavy atom. The third-order valence-electron chi connectivity index (χ3n) is 3.32. The molecule has 0 atom stereocenters. The summed E-state index contributed by atoms with van der Waals surface area (Å²) in [5, 5.41) is 0. The average Bonchev–Trinajstić information content (AvgIpc) is 2.33. The van der Waals surface area contributed by atoms with Gasteiger partial charge in [-0.1, -0.05) is 22.0 Å². The molecule has 1 amide bonds. The highest BCUT2D eigenvalue weighted by molar-refractivity contribution is 9.10. The molecule has 0 saturated carbocycles. The lowest BCUT2D eigenvalue weighted by Crippen LogP contribution is -2.43. The predicted molar refractivity (Wildman–Crippen MR) is 72.0 cm³/mol. The summed E-state index contributed by atoms with van der Waals surface area (Å²) < 4.78 is 0.983. The molecule has 17 heavy (non-hydrogen) atoms. The van der Waals surface area contributed by atoms with E-state index < -0.39 is 0 Å². The Labute approximate surface area is 110 Å². The number of piperidine rings is 1. The third kappa shape index (κ3) is 2.69. The topological polar surface area (TPSA) is 46.3 Å². The zero-order valence-corrected chi connectivity index (χ0v) is 11.5. The second-order valence-electron chi connectivity index (χ2n) is 4.54. The first-order valence-electron chi connectivity index (χ1n) is 5.89. The number of hydrogen-bond donors (Lipinski definition) is 1. The molecule has 0 aliphatic carbocycles. The van der Waals surface area contributed by atoms with Crippen LogP contribution in [-0.2, 0) is 0 Å². The van der Waals surface area contributed by atoms with Crippen molar-refractivity contribution >= 4 is 21.8 Å². The van der Waals surface area contributed by atoms with Gasteiger partial charge in [-0.15, -0.1) is 0 Å². The second-order valence-corrected chi connectivity index (χ2v) is 5.40. The molecular formula is C13H17BrN2O. The van der Waals surface area contributed by atoms with Crippen molar-refractivity contribution in [3.8, 4) is 0 Å². The van der Waals surface area contributed by atoms with Crippen molar-refractivity contribution in [3.05, 3.63) is 33.8 Å².